The van der Waals surface area contributed by atoms with Crippen LogP contribution in [0.3, 0.4) is 0 Å². The molecule has 0 aliphatic carbocycles. The van der Waals surface area contributed by atoms with Crippen molar-refractivity contribution in [3.8, 4) is 5.75 Å². The number of amides is 2. The van der Waals surface area contributed by atoms with Crippen molar-refractivity contribution < 1.29 is 29.3 Å². The van der Waals surface area contributed by atoms with E-state index in [2.05, 4.69) is 46.3 Å². The number of nitrogens with one attached hydrogen (secondary N) is 1. The van der Waals surface area contributed by atoms with Gasteiger partial charge in [0.25, 0.3) is 12.9 Å². The van der Waals surface area contributed by atoms with Crippen molar-refractivity contribution in [3.63, 3.8) is 0 Å². The second-order valence-electron chi connectivity index (χ2n) is 9.19. The minimum Gasteiger partial charge on any atom is -0.494 e. The Hall–Kier alpha value is -2.85. The Kier molecular flexibility index (Phi) is 11.1. The molecule has 1 atom stereocenters. The normalized spacial score (nSPS) is 21.3. The van der Waals surface area contributed by atoms with E-state index in [4.69, 9.17) is 24.5 Å². The molecule has 2 amide bonds. The van der Waals surface area contributed by atoms with E-state index in [0.29, 0.717) is 0 Å². The fourth-order valence-electron chi connectivity index (χ4n) is 4.83. The highest BCUT2D eigenvalue weighted by Gasteiger charge is 2.51. The monoisotopic (exact) mass is 478 g/mol. The predicted molar refractivity (Wildman–Crippen MR) is 128 cm³/mol. The maximum absolute atomic E-state index is 11.7. The standard InChI is InChI=1S/C22H34N4O2.2CH2O2/c1-18-5-3-10-25(13-18)11-4-12-28-20-8-6-19(7-9-20)14-26-16-22(17-26)15-23-21(27)24(22)2;2*2-1-3/h6-9,18H,3-5,10-17H2,1-2H3,(H,23,27);2*1H,(H,2,3). The van der Waals surface area contributed by atoms with Gasteiger partial charge in [0.15, 0.2) is 0 Å². The van der Waals surface area contributed by atoms with Crippen LogP contribution in [0.1, 0.15) is 31.7 Å². The van der Waals surface area contributed by atoms with Gasteiger partial charge in [-0.15, -0.1) is 0 Å². The summed E-state index contributed by atoms with van der Waals surface area (Å²) < 4.78 is 5.93. The third kappa shape index (κ3) is 7.88. The molecule has 0 bridgehead atoms. The van der Waals surface area contributed by atoms with Gasteiger partial charge in [-0.3, -0.25) is 14.5 Å². The first kappa shape index (κ1) is 27.4. The van der Waals surface area contributed by atoms with E-state index in [1.165, 1.54) is 31.5 Å². The van der Waals surface area contributed by atoms with Crippen LogP contribution in [0.25, 0.3) is 0 Å². The van der Waals surface area contributed by atoms with Gasteiger partial charge in [-0.2, -0.15) is 0 Å². The molecule has 1 aromatic carbocycles. The van der Waals surface area contributed by atoms with Crippen LogP contribution in [0.4, 0.5) is 4.79 Å². The summed E-state index contributed by atoms with van der Waals surface area (Å²) in [5, 5.41) is 16.7. The van der Waals surface area contributed by atoms with Crippen LogP contribution >= 0.6 is 0 Å². The fraction of sp³-hybridized carbons (Fsp3) is 0.625. The van der Waals surface area contributed by atoms with E-state index in [9.17, 15) is 4.79 Å². The number of carboxylic acid groups (broad SMARTS) is 2. The molecular weight excluding hydrogens is 440 g/mol. The van der Waals surface area contributed by atoms with Gasteiger partial charge in [0.2, 0.25) is 0 Å². The first-order valence-electron chi connectivity index (χ1n) is 11.7. The zero-order valence-corrected chi connectivity index (χ0v) is 20.2. The molecule has 3 heterocycles. The molecule has 3 saturated heterocycles. The maximum Gasteiger partial charge on any atom is 0.317 e. The molecule has 0 saturated carbocycles. The number of likely N-dealkylation sites (tertiary alicyclic amines) is 2. The lowest BCUT2D eigenvalue weighted by atomic mass is 9.89. The van der Waals surface area contributed by atoms with E-state index < -0.39 is 0 Å². The van der Waals surface area contributed by atoms with Crippen molar-refractivity contribution in [1.29, 1.82) is 0 Å². The zero-order chi connectivity index (χ0) is 25.0. The van der Waals surface area contributed by atoms with Gasteiger partial charge < -0.3 is 30.1 Å². The van der Waals surface area contributed by atoms with E-state index in [-0.39, 0.29) is 24.5 Å². The third-order valence-electron chi connectivity index (χ3n) is 6.58. The number of ether oxygens (including phenoxy) is 1. The predicted octanol–water partition coefficient (Wildman–Crippen LogP) is 1.80. The van der Waals surface area contributed by atoms with Gasteiger partial charge in [0, 0.05) is 46.3 Å². The second kappa shape index (κ2) is 13.8. The molecule has 0 radical (unpaired) electrons. The Balaban J connectivity index is 0.000000618. The van der Waals surface area contributed by atoms with E-state index in [1.54, 1.807) is 0 Å². The van der Waals surface area contributed by atoms with E-state index in [1.807, 2.05) is 11.9 Å². The summed E-state index contributed by atoms with van der Waals surface area (Å²) in [6.45, 7) is 9.84. The third-order valence-corrected chi connectivity index (χ3v) is 6.58. The Labute approximate surface area is 201 Å². The maximum atomic E-state index is 11.7. The number of benzene rings is 1. The van der Waals surface area contributed by atoms with Crippen LogP contribution in [0.2, 0.25) is 0 Å². The number of carbonyl (C=O) groups excluding carboxylic acids is 1. The summed E-state index contributed by atoms with van der Waals surface area (Å²) in [5.74, 6) is 1.80. The number of likely N-dealkylation sites (N-methyl/N-ethyl adjacent to an activating group) is 1. The Morgan fingerprint density at radius 3 is 2.35 bits per heavy atom. The summed E-state index contributed by atoms with van der Waals surface area (Å²) in [5.41, 5.74) is 1.30. The number of urea groups is 1. The molecule has 0 aromatic heterocycles. The van der Waals surface area contributed by atoms with Crippen molar-refractivity contribution in [2.75, 3.05) is 52.9 Å². The number of nitrogens with zero attached hydrogens (tertiary/aromatic N) is 3. The minimum atomic E-state index is -0.250. The molecule has 3 fully saturated rings. The average molecular weight is 479 g/mol. The van der Waals surface area contributed by atoms with Crippen molar-refractivity contribution in [2.45, 2.75) is 38.3 Å². The van der Waals surface area contributed by atoms with Crippen LogP contribution in [0, 0.1) is 5.92 Å². The molecular formula is C24H38N4O6. The van der Waals surface area contributed by atoms with Crippen molar-refractivity contribution in [3.05, 3.63) is 29.8 Å². The molecule has 3 aliphatic heterocycles. The van der Waals surface area contributed by atoms with Crippen LogP contribution in [0.15, 0.2) is 24.3 Å². The van der Waals surface area contributed by atoms with Gasteiger partial charge in [-0.05, 0) is 49.4 Å². The largest absolute Gasteiger partial charge is 0.494 e. The van der Waals surface area contributed by atoms with E-state index >= 15 is 0 Å². The van der Waals surface area contributed by atoms with Crippen LogP contribution < -0.4 is 10.1 Å². The number of hydrogen-bond donors (Lipinski definition) is 3. The number of rotatable bonds is 7. The Morgan fingerprint density at radius 2 is 1.79 bits per heavy atom. The lowest BCUT2D eigenvalue weighted by Gasteiger charge is -2.50. The van der Waals surface area contributed by atoms with Crippen molar-refractivity contribution >= 4 is 19.0 Å². The van der Waals surface area contributed by atoms with Gasteiger partial charge in [0.05, 0.1) is 12.1 Å². The molecule has 4 rings (SSSR count). The summed E-state index contributed by atoms with van der Waals surface area (Å²) in [6.07, 6.45) is 3.80. The van der Waals surface area contributed by atoms with Crippen LogP contribution in [-0.4, -0.2) is 102 Å². The SMILES string of the molecule is CC1CCCN(CCCOc2ccc(CN3CC4(CNC(=O)N4C)C3)cc2)C1.O=CO.O=CO. The summed E-state index contributed by atoms with van der Waals surface area (Å²) in [7, 11) is 1.90. The van der Waals surface area contributed by atoms with Crippen molar-refractivity contribution in [1.82, 2.24) is 20.0 Å². The lowest BCUT2D eigenvalue weighted by Crippen LogP contribution is -2.68. The highest BCUT2D eigenvalue weighted by atomic mass is 16.5. The summed E-state index contributed by atoms with van der Waals surface area (Å²) >= 11 is 0. The number of hydrogen-bond acceptors (Lipinski definition) is 6. The van der Waals surface area contributed by atoms with Gasteiger partial charge in [-0.25, -0.2) is 4.79 Å². The first-order valence-corrected chi connectivity index (χ1v) is 11.7. The smallest absolute Gasteiger partial charge is 0.317 e. The fourth-order valence-corrected chi connectivity index (χ4v) is 4.83. The lowest BCUT2D eigenvalue weighted by molar-refractivity contribution is -0.123. The highest BCUT2D eigenvalue weighted by Crippen LogP contribution is 2.31. The molecule has 3 N–H and O–H groups in total. The summed E-state index contributed by atoms with van der Waals surface area (Å²) in [4.78, 5) is 35.2. The molecule has 10 heteroatoms. The van der Waals surface area contributed by atoms with Gasteiger partial charge in [-0.1, -0.05) is 19.1 Å². The molecule has 1 spiro atoms. The number of carbonyl (C=O) groups is 3. The molecule has 3 aliphatic rings. The number of piperidine rings is 1. The van der Waals surface area contributed by atoms with Crippen LogP contribution in [0.5, 0.6) is 5.75 Å². The summed E-state index contributed by atoms with van der Waals surface area (Å²) in [6, 6.07) is 8.54. The van der Waals surface area contributed by atoms with Crippen molar-refractivity contribution in [2.24, 2.45) is 5.92 Å². The molecule has 10 nitrogen and oxygen atoms in total. The zero-order valence-electron chi connectivity index (χ0n) is 20.2. The average Bonchev–Trinajstić information content (AvgIpc) is 3.08. The van der Waals surface area contributed by atoms with Gasteiger partial charge in [0.1, 0.15) is 5.75 Å². The highest BCUT2D eigenvalue weighted by molar-refractivity contribution is 5.78. The topological polar surface area (TPSA) is 123 Å². The molecule has 1 unspecified atom stereocenters. The van der Waals surface area contributed by atoms with E-state index in [0.717, 1.165) is 57.4 Å². The Bertz CT molecular complexity index is 763. The first-order chi connectivity index (χ1) is 16.4. The molecule has 1 aromatic rings. The quantitative estimate of drug-likeness (QED) is 0.401. The van der Waals surface area contributed by atoms with Crippen LogP contribution in [-0.2, 0) is 16.1 Å². The second-order valence-corrected chi connectivity index (χ2v) is 9.19. The Morgan fingerprint density at radius 1 is 1.15 bits per heavy atom. The van der Waals surface area contributed by atoms with Gasteiger partial charge >= 0.3 is 6.03 Å². The molecule has 190 valence electrons. The minimum absolute atomic E-state index is 0.00624. The molecule has 34 heavy (non-hydrogen) atoms.